The zero-order chi connectivity index (χ0) is 28.3. The summed E-state index contributed by atoms with van der Waals surface area (Å²) < 4.78 is 2.59. The first-order valence-electron chi connectivity index (χ1n) is 14.4. The summed E-state index contributed by atoms with van der Waals surface area (Å²) in [6.45, 7) is 0. The highest BCUT2D eigenvalue weighted by molar-refractivity contribution is 7.26. The Morgan fingerprint density at radius 2 is 1.02 bits per heavy atom. The molecule has 0 fully saturated rings. The SMILES string of the molecule is c1ccc(-c2nc(-c3ccc4ccc5c6ccccc6sc5c4c3)nc(-c3cc4ccccc4c4ccccc34)n2)cc1. The molecule has 2 heterocycles. The maximum absolute atomic E-state index is 5.17. The fourth-order valence-electron chi connectivity index (χ4n) is 6.22. The van der Waals surface area contributed by atoms with Crippen molar-refractivity contribution in [3.63, 3.8) is 0 Å². The van der Waals surface area contributed by atoms with Crippen LogP contribution in [0.15, 0.2) is 140 Å². The van der Waals surface area contributed by atoms with Crippen LogP contribution >= 0.6 is 11.3 Å². The Hall–Kier alpha value is -5.45. The van der Waals surface area contributed by atoms with Gasteiger partial charge in [0.1, 0.15) is 0 Å². The molecule has 200 valence electrons. The highest BCUT2D eigenvalue weighted by Crippen LogP contribution is 2.40. The van der Waals surface area contributed by atoms with Gasteiger partial charge in [0.05, 0.1) is 0 Å². The van der Waals surface area contributed by atoms with Crippen LogP contribution < -0.4 is 0 Å². The minimum absolute atomic E-state index is 0.665. The zero-order valence-electron chi connectivity index (χ0n) is 23.0. The number of benzene rings is 7. The number of fused-ring (bicyclic) bond motifs is 8. The van der Waals surface area contributed by atoms with E-state index in [0.29, 0.717) is 17.5 Å². The van der Waals surface area contributed by atoms with E-state index < -0.39 is 0 Å². The first kappa shape index (κ1) is 24.2. The van der Waals surface area contributed by atoms with E-state index in [-0.39, 0.29) is 0 Å². The van der Waals surface area contributed by atoms with Crippen LogP contribution in [0.25, 0.3) is 86.7 Å². The Morgan fingerprint density at radius 1 is 0.372 bits per heavy atom. The van der Waals surface area contributed by atoms with Crippen LogP contribution in [0.4, 0.5) is 0 Å². The smallest absolute Gasteiger partial charge is 0.164 e. The Balaban J connectivity index is 1.32. The Bertz CT molecular complexity index is 2510. The van der Waals surface area contributed by atoms with Crippen molar-refractivity contribution < 1.29 is 0 Å². The lowest BCUT2D eigenvalue weighted by Crippen LogP contribution is -2.00. The van der Waals surface area contributed by atoms with Gasteiger partial charge < -0.3 is 0 Å². The molecule has 3 nitrogen and oxygen atoms in total. The van der Waals surface area contributed by atoms with E-state index in [2.05, 4.69) is 121 Å². The topological polar surface area (TPSA) is 38.7 Å². The predicted molar refractivity (Wildman–Crippen MR) is 182 cm³/mol. The van der Waals surface area contributed by atoms with Gasteiger partial charge in [-0.1, -0.05) is 121 Å². The lowest BCUT2D eigenvalue weighted by Gasteiger charge is -2.12. The van der Waals surface area contributed by atoms with E-state index in [0.717, 1.165) is 27.5 Å². The third kappa shape index (κ3) is 3.92. The van der Waals surface area contributed by atoms with Crippen LogP contribution in [0.3, 0.4) is 0 Å². The van der Waals surface area contributed by atoms with Crippen molar-refractivity contribution in [2.75, 3.05) is 0 Å². The lowest BCUT2D eigenvalue weighted by atomic mass is 9.97. The maximum atomic E-state index is 5.17. The summed E-state index contributed by atoms with van der Waals surface area (Å²) in [7, 11) is 0. The molecule has 0 unspecified atom stereocenters. The van der Waals surface area contributed by atoms with E-state index in [4.69, 9.17) is 15.0 Å². The van der Waals surface area contributed by atoms with Crippen molar-refractivity contribution in [1.29, 1.82) is 0 Å². The van der Waals surface area contributed by atoms with Crippen molar-refractivity contribution in [2.45, 2.75) is 0 Å². The van der Waals surface area contributed by atoms with Gasteiger partial charge in [0.2, 0.25) is 0 Å². The van der Waals surface area contributed by atoms with Crippen LogP contribution in [0.1, 0.15) is 0 Å². The molecular formula is C39H23N3S. The molecule has 0 aliphatic heterocycles. The molecule has 7 aromatic carbocycles. The first-order valence-corrected chi connectivity index (χ1v) is 15.2. The molecule has 0 aliphatic rings. The highest BCUT2D eigenvalue weighted by atomic mass is 32.1. The van der Waals surface area contributed by atoms with E-state index in [1.807, 2.05) is 29.5 Å². The number of hydrogen-bond acceptors (Lipinski definition) is 4. The molecule has 0 saturated heterocycles. The summed E-state index contributed by atoms with van der Waals surface area (Å²) in [5.41, 5.74) is 2.94. The second-order valence-corrected chi connectivity index (χ2v) is 11.9. The quantitative estimate of drug-likeness (QED) is 0.200. The monoisotopic (exact) mass is 565 g/mol. The van der Waals surface area contributed by atoms with Gasteiger partial charge in [-0.05, 0) is 45.1 Å². The van der Waals surface area contributed by atoms with E-state index >= 15 is 0 Å². The maximum Gasteiger partial charge on any atom is 0.164 e. The van der Waals surface area contributed by atoms with Gasteiger partial charge in [0.15, 0.2) is 17.5 Å². The summed E-state index contributed by atoms with van der Waals surface area (Å²) in [5, 5.41) is 9.72. The fourth-order valence-corrected chi connectivity index (χ4v) is 7.45. The van der Waals surface area contributed by atoms with E-state index in [9.17, 15) is 0 Å². The molecule has 2 aromatic heterocycles. The Labute approximate surface area is 251 Å². The molecule has 0 radical (unpaired) electrons. The van der Waals surface area contributed by atoms with Gasteiger partial charge in [0.25, 0.3) is 0 Å². The van der Waals surface area contributed by atoms with Crippen LogP contribution in [0, 0.1) is 0 Å². The Morgan fingerprint density at radius 3 is 1.88 bits per heavy atom. The van der Waals surface area contributed by atoms with Gasteiger partial charge in [-0.15, -0.1) is 11.3 Å². The number of aromatic nitrogens is 3. The van der Waals surface area contributed by atoms with Crippen molar-refractivity contribution in [3.8, 4) is 34.2 Å². The summed E-state index contributed by atoms with van der Waals surface area (Å²) in [6.07, 6.45) is 0. The van der Waals surface area contributed by atoms with Gasteiger partial charge in [0, 0.05) is 42.2 Å². The number of hydrogen-bond donors (Lipinski definition) is 0. The average Bonchev–Trinajstić information content (AvgIpc) is 3.47. The second kappa shape index (κ2) is 9.55. The molecule has 0 amide bonds. The molecule has 0 saturated carbocycles. The minimum Gasteiger partial charge on any atom is -0.208 e. The van der Waals surface area contributed by atoms with Gasteiger partial charge in [-0.25, -0.2) is 15.0 Å². The Kier molecular flexibility index (Phi) is 5.37. The largest absolute Gasteiger partial charge is 0.208 e. The number of thiophene rings is 1. The molecule has 0 atom stereocenters. The van der Waals surface area contributed by atoms with Crippen molar-refractivity contribution >= 4 is 63.8 Å². The normalized spacial score (nSPS) is 11.7. The van der Waals surface area contributed by atoms with Gasteiger partial charge >= 0.3 is 0 Å². The van der Waals surface area contributed by atoms with Crippen LogP contribution in [0.5, 0.6) is 0 Å². The summed E-state index contributed by atoms with van der Waals surface area (Å²) in [5.74, 6) is 2.00. The second-order valence-electron chi connectivity index (χ2n) is 10.8. The third-order valence-corrected chi connectivity index (χ3v) is 9.52. The fraction of sp³-hybridized carbons (Fsp3) is 0. The highest BCUT2D eigenvalue weighted by Gasteiger charge is 2.17. The molecule has 4 heteroatoms. The first-order chi connectivity index (χ1) is 21.3. The molecule has 0 aliphatic carbocycles. The molecule has 0 bridgehead atoms. The lowest BCUT2D eigenvalue weighted by molar-refractivity contribution is 1.08. The minimum atomic E-state index is 0.665. The van der Waals surface area contributed by atoms with Crippen LogP contribution in [-0.4, -0.2) is 15.0 Å². The van der Waals surface area contributed by atoms with Crippen molar-refractivity contribution in [2.24, 2.45) is 0 Å². The van der Waals surface area contributed by atoms with Crippen LogP contribution in [-0.2, 0) is 0 Å². The molecule has 9 aromatic rings. The van der Waals surface area contributed by atoms with Crippen molar-refractivity contribution in [3.05, 3.63) is 140 Å². The predicted octanol–water partition coefficient (Wildman–Crippen LogP) is 10.7. The molecule has 43 heavy (non-hydrogen) atoms. The number of nitrogens with zero attached hydrogens (tertiary/aromatic N) is 3. The molecule has 0 N–H and O–H groups in total. The molecule has 0 spiro atoms. The molecule has 9 rings (SSSR count). The summed E-state index contributed by atoms with van der Waals surface area (Å²) in [4.78, 5) is 15.3. The number of rotatable bonds is 3. The molecular weight excluding hydrogens is 543 g/mol. The summed E-state index contributed by atoms with van der Waals surface area (Å²) >= 11 is 1.84. The zero-order valence-corrected chi connectivity index (χ0v) is 23.8. The van der Waals surface area contributed by atoms with E-state index in [1.54, 1.807) is 0 Å². The standard InChI is InChI=1S/C39H23N3S/c1-2-10-25(11-3-1)37-40-38(27-19-18-24-20-21-32-31-16-8-9-17-35(31)43-36(32)33(24)23-27)42-39(41-37)34-22-26-12-4-5-13-28(26)29-14-6-7-15-30(29)34/h1-23H. The van der Waals surface area contributed by atoms with Crippen molar-refractivity contribution in [1.82, 2.24) is 15.0 Å². The van der Waals surface area contributed by atoms with Gasteiger partial charge in [-0.3, -0.25) is 0 Å². The summed E-state index contributed by atoms with van der Waals surface area (Å²) in [6, 6.07) is 49.1. The van der Waals surface area contributed by atoms with Gasteiger partial charge in [-0.2, -0.15) is 0 Å². The van der Waals surface area contributed by atoms with E-state index in [1.165, 1.54) is 41.7 Å². The third-order valence-electron chi connectivity index (χ3n) is 8.30. The average molecular weight is 566 g/mol. The van der Waals surface area contributed by atoms with Crippen LogP contribution in [0.2, 0.25) is 0 Å².